The van der Waals surface area contributed by atoms with Crippen molar-refractivity contribution in [2.24, 2.45) is 0 Å². The molecule has 4 heteroatoms. The molecule has 0 aliphatic rings. The standard InChI is InChI=1S/C10H12N2S2/c1-2-12-10(8-4-3-5-13-8)9-6-11-7-14-9/h3-7,10,12H,2H2,1H3. The Hall–Kier alpha value is -0.710. The van der Waals surface area contributed by atoms with E-state index in [1.165, 1.54) is 9.75 Å². The van der Waals surface area contributed by atoms with Crippen LogP contribution in [0.2, 0.25) is 0 Å². The third-order valence-electron chi connectivity index (χ3n) is 1.97. The van der Waals surface area contributed by atoms with Crippen LogP contribution < -0.4 is 5.32 Å². The summed E-state index contributed by atoms with van der Waals surface area (Å²) >= 11 is 3.49. The second-order valence-corrected chi connectivity index (χ2v) is 4.81. The number of rotatable bonds is 4. The Labute approximate surface area is 91.6 Å². The van der Waals surface area contributed by atoms with E-state index in [9.17, 15) is 0 Å². The van der Waals surface area contributed by atoms with Gasteiger partial charge in [0.25, 0.3) is 0 Å². The van der Waals surface area contributed by atoms with Crippen molar-refractivity contribution < 1.29 is 0 Å². The number of thiazole rings is 1. The summed E-state index contributed by atoms with van der Waals surface area (Å²) in [6.07, 6.45) is 1.94. The number of hydrogen-bond acceptors (Lipinski definition) is 4. The Balaban J connectivity index is 2.25. The number of nitrogens with zero attached hydrogens (tertiary/aromatic N) is 1. The van der Waals surface area contributed by atoms with Crippen LogP contribution in [-0.4, -0.2) is 11.5 Å². The largest absolute Gasteiger partial charge is 0.305 e. The zero-order valence-corrected chi connectivity index (χ0v) is 9.57. The lowest BCUT2D eigenvalue weighted by Crippen LogP contribution is -2.20. The first-order valence-corrected chi connectivity index (χ1v) is 6.33. The topological polar surface area (TPSA) is 24.9 Å². The maximum absolute atomic E-state index is 4.12. The maximum Gasteiger partial charge on any atom is 0.0795 e. The fourth-order valence-corrected chi connectivity index (χ4v) is 2.97. The summed E-state index contributed by atoms with van der Waals surface area (Å²) < 4.78 is 0. The van der Waals surface area contributed by atoms with E-state index in [0.29, 0.717) is 6.04 Å². The van der Waals surface area contributed by atoms with Gasteiger partial charge in [-0.15, -0.1) is 22.7 Å². The van der Waals surface area contributed by atoms with Crippen LogP contribution in [-0.2, 0) is 0 Å². The van der Waals surface area contributed by atoms with Gasteiger partial charge in [0.1, 0.15) is 0 Å². The number of nitrogens with one attached hydrogen (secondary N) is 1. The Morgan fingerprint density at radius 1 is 1.43 bits per heavy atom. The van der Waals surface area contributed by atoms with Crippen LogP contribution in [0.25, 0.3) is 0 Å². The van der Waals surface area contributed by atoms with Crippen molar-refractivity contribution in [3.63, 3.8) is 0 Å². The molecule has 0 radical (unpaired) electrons. The monoisotopic (exact) mass is 224 g/mol. The zero-order chi connectivity index (χ0) is 9.80. The minimum absolute atomic E-state index is 0.326. The molecule has 14 heavy (non-hydrogen) atoms. The molecule has 0 spiro atoms. The van der Waals surface area contributed by atoms with Crippen molar-refractivity contribution in [2.45, 2.75) is 13.0 Å². The van der Waals surface area contributed by atoms with E-state index in [1.54, 1.807) is 22.7 Å². The molecular formula is C10H12N2S2. The molecule has 0 saturated carbocycles. The average molecular weight is 224 g/mol. The summed E-state index contributed by atoms with van der Waals surface area (Å²) in [6, 6.07) is 4.58. The highest BCUT2D eigenvalue weighted by Crippen LogP contribution is 2.27. The molecule has 2 heterocycles. The summed E-state index contributed by atoms with van der Waals surface area (Å²) in [5.41, 5.74) is 1.88. The number of thiophene rings is 1. The fraction of sp³-hybridized carbons (Fsp3) is 0.300. The molecule has 2 rings (SSSR count). The Bertz CT molecular complexity index is 319. The summed E-state index contributed by atoms with van der Waals surface area (Å²) in [4.78, 5) is 6.76. The maximum atomic E-state index is 4.12. The van der Waals surface area contributed by atoms with Gasteiger partial charge < -0.3 is 5.32 Å². The van der Waals surface area contributed by atoms with E-state index < -0.39 is 0 Å². The van der Waals surface area contributed by atoms with Gasteiger partial charge in [0.2, 0.25) is 0 Å². The van der Waals surface area contributed by atoms with Gasteiger partial charge in [-0.1, -0.05) is 13.0 Å². The van der Waals surface area contributed by atoms with Gasteiger partial charge in [0.15, 0.2) is 0 Å². The second-order valence-electron chi connectivity index (χ2n) is 2.91. The highest BCUT2D eigenvalue weighted by molar-refractivity contribution is 7.11. The first-order chi connectivity index (χ1) is 6.92. The lowest BCUT2D eigenvalue weighted by atomic mass is 10.2. The molecule has 0 bridgehead atoms. The van der Waals surface area contributed by atoms with Crippen LogP contribution in [0.1, 0.15) is 22.7 Å². The van der Waals surface area contributed by atoms with Crippen molar-refractivity contribution in [1.29, 1.82) is 0 Å². The molecule has 0 aromatic carbocycles. The highest BCUT2D eigenvalue weighted by Gasteiger charge is 2.14. The van der Waals surface area contributed by atoms with Gasteiger partial charge in [0, 0.05) is 16.0 Å². The van der Waals surface area contributed by atoms with Gasteiger partial charge in [-0.25, -0.2) is 0 Å². The second kappa shape index (κ2) is 4.68. The molecule has 1 atom stereocenters. The minimum atomic E-state index is 0.326. The van der Waals surface area contributed by atoms with Gasteiger partial charge in [-0.2, -0.15) is 0 Å². The van der Waals surface area contributed by atoms with Crippen molar-refractivity contribution in [3.05, 3.63) is 39.0 Å². The number of hydrogen-bond donors (Lipinski definition) is 1. The van der Waals surface area contributed by atoms with Crippen molar-refractivity contribution in [2.75, 3.05) is 6.54 Å². The fourth-order valence-electron chi connectivity index (χ4n) is 1.37. The quantitative estimate of drug-likeness (QED) is 0.863. The molecule has 1 N–H and O–H groups in total. The van der Waals surface area contributed by atoms with Gasteiger partial charge in [-0.05, 0) is 18.0 Å². The van der Waals surface area contributed by atoms with E-state index in [4.69, 9.17) is 0 Å². The molecule has 0 aliphatic carbocycles. The highest BCUT2D eigenvalue weighted by atomic mass is 32.1. The van der Waals surface area contributed by atoms with Gasteiger partial charge >= 0.3 is 0 Å². The molecule has 2 nitrogen and oxygen atoms in total. The van der Waals surface area contributed by atoms with E-state index in [-0.39, 0.29) is 0 Å². The third-order valence-corrected chi connectivity index (χ3v) is 3.75. The van der Waals surface area contributed by atoms with Crippen molar-refractivity contribution >= 4 is 22.7 Å². The van der Waals surface area contributed by atoms with Gasteiger partial charge in [-0.3, -0.25) is 4.98 Å². The Morgan fingerprint density at radius 3 is 2.93 bits per heavy atom. The Morgan fingerprint density at radius 2 is 2.36 bits per heavy atom. The van der Waals surface area contributed by atoms with E-state index in [0.717, 1.165) is 6.54 Å². The molecule has 0 amide bonds. The summed E-state index contributed by atoms with van der Waals surface area (Å²) in [5, 5.41) is 5.58. The number of aromatic nitrogens is 1. The van der Waals surface area contributed by atoms with Crippen LogP contribution in [0.4, 0.5) is 0 Å². The van der Waals surface area contributed by atoms with Crippen molar-refractivity contribution in [1.82, 2.24) is 10.3 Å². The molecule has 2 aromatic heterocycles. The molecule has 1 unspecified atom stereocenters. The smallest absolute Gasteiger partial charge is 0.0795 e. The summed E-state index contributed by atoms with van der Waals surface area (Å²) in [5.74, 6) is 0. The van der Waals surface area contributed by atoms with Gasteiger partial charge in [0.05, 0.1) is 11.6 Å². The third kappa shape index (κ3) is 2.03. The Kier molecular flexibility index (Phi) is 3.29. The molecule has 0 saturated heterocycles. The zero-order valence-electron chi connectivity index (χ0n) is 7.93. The van der Waals surface area contributed by atoms with Crippen LogP contribution in [0.3, 0.4) is 0 Å². The van der Waals surface area contributed by atoms with E-state index >= 15 is 0 Å². The summed E-state index contributed by atoms with van der Waals surface area (Å²) in [7, 11) is 0. The predicted octanol–water partition coefficient (Wildman–Crippen LogP) is 2.90. The van der Waals surface area contributed by atoms with Crippen LogP contribution >= 0.6 is 22.7 Å². The average Bonchev–Trinajstić information content (AvgIpc) is 2.87. The SMILES string of the molecule is CCNC(c1cccs1)c1cncs1. The molecule has 74 valence electrons. The first-order valence-electron chi connectivity index (χ1n) is 4.57. The van der Waals surface area contributed by atoms with Crippen LogP contribution in [0.5, 0.6) is 0 Å². The van der Waals surface area contributed by atoms with E-state index in [1.807, 2.05) is 11.7 Å². The minimum Gasteiger partial charge on any atom is -0.305 e. The van der Waals surface area contributed by atoms with Crippen molar-refractivity contribution in [3.8, 4) is 0 Å². The predicted molar refractivity (Wildman–Crippen MR) is 62.0 cm³/mol. The first kappa shape index (κ1) is 9.83. The molecule has 2 aromatic rings. The van der Waals surface area contributed by atoms with Crippen LogP contribution in [0, 0.1) is 0 Å². The molecular weight excluding hydrogens is 212 g/mol. The lowest BCUT2D eigenvalue weighted by Gasteiger charge is -2.13. The van der Waals surface area contributed by atoms with E-state index in [2.05, 4.69) is 34.7 Å². The van der Waals surface area contributed by atoms with Crippen LogP contribution in [0.15, 0.2) is 29.2 Å². The lowest BCUT2D eigenvalue weighted by molar-refractivity contribution is 0.648. The molecule has 0 fully saturated rings. The molecule has 0 aliphatic heterocycles. The summed E-state index contributed by atoms with van der Waals surface area (Å²) in [6.45, 7) is 3.10. The normalized spacial score (nSPS) is 12.9.